The van der Waals surface area contributed by atoms with Gasteiger partial charge in [0.15, 0.2) is 5.82 Å². The van der Waals surface area contributed by atoms with Crippen LogP contribution in [0.4, 0.5) is 5.82 Å². The minimum atomic E-state index is -0.00253. The van der Waals surface area contributed by atoms with Gasteiger partial charge in [-0.3, -0.25) is 4.79 Å². The zero-order chi connectivity index (χ0) is 13.2. The maximum atomic E-state index is 12.2. The molecule has 1 saturated carbocycles. The maximum absolute atomic E-state index is 12.2. The molecule has 2 heterocycles. The van der Waals surface area contributed by atoms with Crippen LogP contribution in [0.5, 0.6) is 0 Å². The molecule has 19 heavy (non-hydrogen) atoms. The zero-order valence-corrected chi connectivity index (χ0v) is 11.7. The van der Waals surface area contributed by atoms with E-state index in [0.717, 1.165) is 19.3 Å². The van der Waals surface area contributed by atoms with Crippen LogP contribution in [-0.2, 0) is 13.0 Å². The minimum absolute atomic E-state index is 0.00253. The van der Waals surface area contributed by atoms with E-state index in [9.17, 15) is 4.79 Å². The lowest BCUT2D eigenvalue weighted by molar-refractivity contribution is 0.699. The molecule has 2 aromatic heterocycles. The van der Waals surface area contributed by atoms with Crippen LogP contribution in [-0.4, -0.2) is 9.55 Å². The van der Waals surface area contributed by atoms with Crippen LogP contribution in [0.2, 0.25) is 0 Å². The third-order valence-electron chi connectivity index (χ3n) is 3.30. The highest BCUT2D eigenvalue weighted by molar-refractivity contribution is 7.12. The SMILES string of the molecule is CCc1ccc(CNc2nccn(C3CC3)c2=O)s1. The Hall–Kier alpha value is -1.62. The van der Waals surface area contributed by atoms with Gasteiger partial charge in [-0.2, -0.15) is 0 Å². The average Bonchev–Trinajstić information content (AvgIpc) is 3.16. The average molecular weight is 275 g/mol. The molecule has 1 aliphatic rings. The molecule has 1 fully saturated rings. The first-order valence-electron chi connectivity index (χ1n) is 6.66. The molecule has 1 aliphatic carbocycles. The number of hydrogen-bond acceptors (Lipinski definition) is 4. The Bertz CT molecular complexity index is 628. The first kappa shape index (κ1) is 12.4. The molecule has 0 spiro atoms. The second-order valence-electron chi connectivity index (χ2n) is 4.79. The molecule has 0 bridgehead atoms. The highest BCUT2D eigenvalue weighted by Crippen LogP contribution is 2.33. The van der Waals surface area contributed by atoms with Gasteiger partial charge >= 0.3 is 0 Å². The summed E-state index contributed by atoms with van der Waals surface area (Å²) in [6.07, 6.45) is 6.75. The van der Waals surface area contributed by atoms with Gasteiger partial charge in [-0.1, -0.05) is 6.92 Å². The Kier molecular flexibility index (Phi) is 3.38. The fourth-order valence-electron chi connectivity index (χ4n) is 2.06. The summed E-state index contributed by atoms with van der Waals surface area (Å²) in [6, 6.07) is 4.64. The lowest BCUT2D eigenvalue weighted by Crippen LogP contribution is -2.23. The first-order valence-corrected chi connectivity index (χ1v) is 7.48. The van der Waals surface area contributed by atoms with Crippen LogP contribution < -0.4 is 10.9 Å². The normalized spacial score (nSPS) is 14.6. The smallest absolute Gasteiger partial charge is 0.293 e. The molecule has 1 N–H and O–H groups in total. The zero-order valence-electron chi connectivity index (χ0n) is 10.9. The number of thiophene rings is 1. The van der Waals surface area contributed by atoms with Crippen molar-refractivity contribution in [3.8, 4) is 0 Å². The van der Waals surface area contributed by atoms with Crippen molar-refractivity contribution in [3.05, 3.63) is 44.6 Å². The van der Waals surface area contributed by atoms with E-state index in [1.54, 1.807) is 28.3 Å². The van der Waals surface area contributed by atoms with E-state index in [4.69, 9.17) is 0 Å². The van der Waals surface area contributed by atoms with E-state index in [1.807, 2.05) is 0 Å². The fourth-order valence-corrected chi connectivity index (χ4v) is 2.96. The van der Waals surface area contributed by atoms with Gasteiger partial charge in [0.25, 0.3) is 5.56 Å². The van der Waals surface area contributed by atoms with Crippen molar-refractivity contribution < 1.29 is 0 Å². The Morgan fingerprint density at radius 3 is 2.89 bits per heavy atom. The largest absolute Gasteiger partial charge is 0.361 e. The lowest BCUT2D eigenvalue weighted by atomic mass is 10.3. The molecule has 0 atom stereocenters. The van der Waals surface area contributed by atoms with Crippen molar-refractivity contribution in [2.75, 3.05) is 5.32 Å². The van der Waals surface area contributed by atoms with Gasteiger partial charge in [-0.25, -0.2) is 4.98 Å². The number of aryl methyl sites for hydroxylation is 1. The summed E-state index contributed by atoms with van der Waals surface area (Å²) < 4.78 is 1.79. The number of hydrogen-bond donors (Lipinski definition) is 1. The molecule has 4 nitrogen and oxygen atoms in total. The summed E-state index contributed by atoms with van der Waals surface area (Å²) in [7, 11) is 0. The Morgan fingerprint density at radius 1 is 1.42 bits per heavy atom. The monoisotopic (exact) mass is 275 g/mol. The van der Waals surface area contributed by atoms with Crippen LogP contribution in [0.1, 0.15) is 35.6 Å². The van der Waals surface area contributed by atoms with Gasteiger partial charge in [0.1, 0.15) is 0 Å². The Labute approximate surface area is 116 Å². The number of rotatable bonds is 5. The van der Waals surface area contributed by atoms with Crippen LogP contribution in [0, 0.1) is 0 Å². The summed E-state index contributed by atoms with van der Waals surface area (Å²) >= 11 is 1.78. The van der Waals surface area contributed by atoms with Crippen LogP contribution in [0.15, 0.2) is 29.3 Å². The number of anilines is 1. The van der Waals surface area contributed by atoms with Gasteiger partial charge in [0.05, 0.1) is 6.54 Å². The van der Waals surface area contributed by atoms with Crippen molar-refractivity contribution in [1.82, 2.24) is 9.55 Å². The van der Waals surface area contributed by atoms with Crippen molar-refractivity contribution in [1.29, 1.82) is 0 Å². The maximum Gasteiger partial charge on any atom is 0.293 e. The predicted octanol–water partition coefficient (Wildman–Crippen LogP) is 2.81. The molecule has 0 amide bonds. The summed E-state index contributed by atoms with van der Waals surface area (Å²) in [4.78, 5) is 18.9. The summed E-state index contributed by atoms with van der Waals surface area (Å²) in [5.41, 5.74) is -0.00253. The van der Waals surface area contributed by atoms with E-state index in [0.29, 0.717) is 18.4 Å². The molecular formula is C14H17N3OS. The van der Waals surface area contributed by atoms with Gasteiger partial charge < -0.3 is 9.88 Å². The van der Waals surface area contributed by atoms with E-state index < -0.39 is 0 Å². The molecule has 3 rings (SSSR count). The molecule has 5 heteroatoms. The van der Waals surface area contributed by atoms with Gasteiger partial charge in [-0.05, 0) is 31.4 Å². The van der Waals surface area contributed by atoms with Crippen LogP contribution in [0.3, 0.4) is 0 Å². The van der Waals surface area contributed by atoms with Gasteiger partial charge in [-0.15, -0.1) is 11.3 Å². The highest BCUT2D eigenvalue weighted by Gasteiger charge is 2.25. The van der Waals surface area contributed by atoms with E-state index >= 15 is 0 Å². The first-order chi connectivity index (χ1) is 9.28. The third-order valence-corrected chi connectivity index (χ3v) is 4.53. The second kappa shape index (κ2) is 5.17. The summed E-state index contributed by atoms with van der Waals surface area (Å²) in [6.45, 7) is 2.82. The van der Waals surface area contributed by atoms with Gasteiger partial charge in [0.2, 0.25) is 0 Å². The minimum Gasteiger partial charge on any atom is -0.361 e. The standard InChI is InChI=1S/C14H17N3OS/c1-2-11-5-6-12(19-11)9-16-13-14(18)17(8-7-15-13)10-3-4-10/h5-8,10H,2-4,9H2,1H3,(H,15,16). The molecular weight excluding hydrogens is 258 g/mol. The van der Waals surface area contributed by atoms with Gasteiger partial charge in [0, 0.05) is 28.2 Å². The highest BCUT2D eigenvalue weighted by atomic mass is 32.1. The molecule has 2 aromatic rings. The number of nitrogens with one attached hydrogen (secondary N) is 1. The fraction of sp³-hybridized carbons (Fsp3) is 0.429. The Morgan fingerprint density at radius 2 is 2.21 bits per heavy atom. The summed E-state index contributed by atoms with van der Waals surface area (Å²) in [5, 5.41) is 3.16. The molecule has 0 unspecified atom stereocenters. The van der Waals surface area contributed by atoms with Crippen molar-refractivity contribution in [2.24, 2.45) is 0 Å². The lowest BCUT2D eigenvalue weighted by Gasteiger charge is -2.07. The quantitative estimate of drug-likeness (QED) is 0.912. The number of nitrogens with zero attached hydrogens (tertiary/aromatic N) is 2. The van der Waals surface area contributed by atoms with Crippen molar-refractivity contribution in [2.45, 2.75) is 38.8 Å². The topological polar surface area (TPSA) is 46.9 Å². The predicted molar refractivity (Wildman–Crippen MR) is 77.8 cm³/mol. The van der Waals surface area contributed by atoms with Crippen molar-refractivity contribution in [3.63, 3.8) is 0 Å². The molecule has 0 saturated heterocycles. The third kappa shape index (κ3) is 2.71. The van der Waals surface area contributed by atoms with E-state index in [1.165, 1.54) is 9.75 Å². The molecule has 0 aliphatic heterocycles. The van der Waals surface area contributed by atoms with E-state index in [2.05, 4.69) is 29.4 Å². The Balaban J connectivity index is 1.72. The molecule has 0 aromatic carbocycles. The van der Waals surface area contributed by atoms with E-state index in [-0.39, 0.29) is 5.56 Å². The molecule has 0 radical (unpaired) electrons. The molecule has 100 valence electrons. The van der Waals surface area contributed by atoms with Crippen molar-refractivity contribution >= 4 is 17.2 Å². The summed E-state index contributed by atoms with van der Waals surface area (Å²) in [5.74, 6) is 0.459. The van der Waals surface area contributed by atoms with Crippen LogP contribution >= 0.6 is 11.3 Å². The second-order valence-corrected chi connectivity index (χ2v) is 6.05. The number of aromatic nitrogens is 2. The van der Waals surface area contributed by atoms with Crippen LogP contribution in [0.25, 0.3) is 0 Å².